The Kier molecular flexibility index (Phi) is 8.02. The number of carbonyl (C=O) groups is 1. The van der Waals surface area contributed by atoms with Crippen LogP contribution in [-0.4, -0.2) is 11.1 Å². The molecule has 0 saturated carbocycles. The Bertz CT molecular complexity index is 1890. The van der Waals surface area contributed by atoms with E-state index in [1.807, 2.05) is 78.9 Å². The smallest absolute Gasteiger partial charge is 0.346 e. The quantitative estimate of drug-likeness (QED) is 0.137. The average Bonchev–Trinajstić information content (AvgIpc) is 3.55. The van der Waals surface area contributed by atoms with Gasteiger partial charge in [0.1, 0.15) is 23.2 Å². The topological polar surface area (TPSA) is 80.7 Å². The maximum Gasteiger partial charge on any atom is 0.346 e. The van der Waals surface area contributed by atoms with E-state index in [4.69, 9.17) is 14.8 Å². The van der Waals surface area contributed by atoms with Gasteiger partial charge in [-0.25, -0.2) is 4.79 Å². The summed E-state index contributed by atoms with van der Waals surface area (Å²) < 4.78 is 5.82. The number of aliphatic carboxylic acids is 1. The third kappa shape index (κ3) is 5.98. The van der Waals surface area contributed by atoms with Crippen LogP contribution in [0, 0.1) is 11.3 Å². The number of hydrogen-bond acceptors (Lipinski definition) is 5. The number of nitriles is 1. The molecule has 1 N–H and O–H groups in total. The minimum Gasteiger partial charge on any atom is -0.477 e. The number of rotatable bonds is 9. The first-order valence-electron chi connectivity index (χ1n) is 14.0. The van der Waals surface area contributed by atoms with E-state index in [0.717, 1.165) is 39.7 Å². The van der Waals surface area contributed by atoms with Gasteiger partial charge in [0, 0.05) is 45.8 Å². The number of benzene rings is 5. The molecule has 44 heavy (non-hydrogen) atoms. The van der Waals surface area contributed by atoms with E-state index < -0.39 is 5.97 Å². The van der Waals surface area contributed by atoms with Crippen molar-refractivity contribution in [3.63, 3.8) is 0 Å². The van der Waals surface area contributed by atoms with E-state index >= 15 is 0 Å². The molecule has 6 rings (SSSR count). The second-order valence-electron chi connectivity index (χ2n) is 9.92. The van der Waals surface area contributed by atoms with E-state index in [1.165, 1.54) is 6.08 Å². The van der Waals surface area contributed by atoms with Crippen molar-refractivity contribution in [3.05, 3.63) is 163 Å². The Balaban J connectivity index is 1.33. The van der Waals surface area contributed by atoms with Gasteiger partial charge in [0.25, 0.3) is 0 Å². The number of anilines is 6. The molecule has 0 bridgehead atoms. The summed E-state index contributed by atoms with van der Waals surface area (Å²) in [6.45, 7) is 0. The second kappa shape index (κ2) is 12.7. The Morgan fingerprint density at radius 3 is 1.34 bits per heavy atom. The van der Waals surface area contributed by atoms with Crippen molar-refractivity contribution in [1.82, 2.24) is 0 Å². The lowest BCUT2D eigenvalue weighted by molar-refractivity contribution is -0.132. The van der Waals surface area contributed by atoms with Crippen molar-refractivity contribution in [2.45, 2.75) is 0 Å². The molecule has 6 aromatic rings. The maximum atomic E-state index is 11.2. The first-order valence-corrected chi connectivity index (χ1v) is 14.0. The van der Waals surface area contributed by atoms with Gasteiger partial charge < -0.3 is 19.3 Å². The number of hydrogen-bond donors (Lipinski definition) is 1. The zero-order valence-corrected chi connectivity index (χ0v) is 23.6. The largest absolute Gasteiger partial charge is 0.477 e. The lowest BCUT2D eigenvalue weighted by Crippen LogP contribution is -2.12. The molecule has 5 aromatic carbocycles. The van der Waals surface area contributed by atoms with E-state index in [2.05, 4.69) is 70.5 Å². The Labute approximate surface area is 255 Å². The molecule has 0 aliphatic heterocycles. The molecular formula is C38H27N3O3. The van der Waals surface area contributed by atoms with Crippen molar-refractivity contribution in [3.8, 4) is 17.4 Å². The van der Waals surface area contributed by atoms with Gasteiger partial charge in [0.05, 0.1) is 0 Å². The average molecular weight is 574 g/mol. The van der Waals surface area contributed by atoms with Gasteiger partial charge in [-0.05, 0) is 97.1 Å². The first-order chi connectivity index (χ1) is 21.6. The molecule has 6 heteroatoms. The van der Waals surface area contributed by atoms with Crippen LogP contribution >= 0.6 is 0 Å². The highest BCUT2D eigenvalue weighted by Gasteiger charge is 2.16. The monoisotopic (exact) mass is 573 g/mol. The van der Waals surface area contributed by atoms with Crippen LogP contribution in [-0.2, 0) is 4.79 Å². The van der Waals surface area contributed by atoms with Crippen molar-refractivity contribution in [2.24, 2.45) is 0 Å². The van der Waals surface area contributed by atoms with Crippen LogP contribution in [0.5, 0.6) is 0 Å². The standard InChI is InChI=1S/C38H27N3O3/c39-27-29(38(42)43)26-36-24-25-37(44-36)28-16-18-33(19-17-28)41(32-14-8-3-9-15-32)35-22-20-34(21-23-35)40(30-10-4-1-5-11-30)31-12-6-2-7-13-31/h1-26H,(H,42,43)/b29-26+. The Hall–Kier alpha value is -6.32. The summed E-state index contributed by atoms with van der Waals surface area (Å²) in [6, 6.07) is 52.3. The van der Waals surface area contributed by atoms with E-state index in [-0.39, 0.29) is 5.57 Å². The second-order valence-corrected chi connectivity index (χ2v) is 9.92. The zero-order chi connectivity index (χ0) is 30.3. The summed E-state index contributed by atoms with van der Waals surface area (Å²) in [5, 5.41) is 18.2. The SMILES string of the molecule is N#C/C(=C\c1ccc(-c2ccc(N(c3ccccc3)c3ccc(N(c4ccccc4)c4ccccc4)cc3)cc2)o1)C(=O)O. The van der Waals surface area contributed by atoms with Crippen LogP contribution in [0.2, 0.25) is 0 Å². The summed E-state index contributed by atoms with van der Waals surface area (Å²) in [6.07, 6.45) is 1.22. The first kappa shape index (κ1) is 27.8. The van der Waals surface area contributed by atoms with Crippen LogP contribution in [0.4, 0.5) is 34.1 Å². The normalized spacial score (nSPS) is 11.0. The summed E-state index contributed by atoms with van der Waals surface area (Å²) in [4.78, 5) is 15.6. The van der Waals surface area contributed by atoms with Crippen LogP contribution in [0.15, 0.2) is 162 Å². The van der Waals surface area contributed by atoms with Gasteiger partial charge in [0.2, 0.25) is 0 Å². The fourth-order valence-electron chi connectivity index (χ4n) is 5.02. The highest BCUT2D eigenvalue weighted by Crippen LogP contribution is 2.39. The number of para-hydroxylation sites is 3. The van der Waals surface area contributed by atoms with Gasteiger partial charge in [-0.2, -0.15) is 5.26 Å². The third-order valence-electron chi connectivity index (χ3n) is 7.08. The molecule has 0 amide bonds. The molecule has 6 nitrogen and oxygen atoms in total. The molecular weight excluding hydrogens is 546 g/mol. The van der Waals surface area contributed by atoms with Crippen LogP contribution in [0.1, 0.15) is 5.76 Å². The third-order valence-corrected chi connectivity index (χ3v) is 7.08. The molecule has 0 unspecified atom stereocenters. The van der Waals surface area contributed by atoms with Gasteiger partial charge >= 0.3 is 5.97 Å². The molecule has 1 aromatic heterocycles. The number of furan rings is 1. The molecule has 0 fully saturated rings. The zero-order valence-electron chi connectivity index (χ0n) is 23.6. The Morgan fingerprint density at radius 2 is 0.955 bits per heavy atom. The Morgan fingerprint density at radius 1 is 0.568 bits per heavy atom. The van der Waals surface area contributed by atoms with Crippen LogP contribution in [0.3, 0.4) is 0 Å². The van der Waals surface area contributed by atoms with Gasteiger partial charge in [-0.15, -0.1) is 0 Å². The molecule has 0 spiro atoms. The molecule has 0 atom stereocenters. The number of carboxylic acid groups (broad SMARTS) is 1. The minimum atomic E-state index is -1.29. The molecule has 0 aliphatic carbocycles. The van der Waals surface area contributed by atoms with Crippen molar-refractivity contribution >= 4 is 46.2 Å². The predicted octanol–water partition coefficient (Wildman–Crippen LogP) is 9.88. The van der Waals surface area contributed by atoms with Gasteiger partial charge in [0.15, 0.2) is 0 Å². The maximum absolute atomic E-state index is 11.2. The van der Waals surface area contributed by atoms with Crippen LogP contribution in [0.25, 0.3) is 17.4 Å². The van der Waals surface area contributed by atoms with Crippen LogP contribution < -0.4 is 9.80 Å². The minimum absolute atomic E-state index is 0.300. The molecule has 0 aliphatic rings. The predicted molar refractivity (Wildman–Crippen MR) is 175 cm³/mol. The lowest BCUT2D eigenvalue weighted by atomic mass is 10.1. The summed E-state index contributed by atoms with van der Waals surface area (Å²) >= 11 is 0. The summed E-state index contributed by atoms with van der Waals surface area (Å²) in [5.41, 5.74) is 6.60. The summed E-state index contributed by atoms with van der Waals surface area (Å²) in [5.74, 6) is -0.422. The lowest BCUT2D eigenvalue weighted by Gasteiger charge is -2.28. The fourth-order valence-corrected chi connectivity index (χ4v) is 5.02. The van der Waals surface area contributed by atoms with Crippen molar-refractivity contribution in [1.29, 1.82) is 5.26 Å². The van der Waals surface area contributed by atoms with E-state index in [1.54, 1.807) is 18.2 Å². The molecule has 1 heterocycles. The molecule has 0 radical (unpaired) electrons. The highest BCUT2D eigenvalue weighted by molar-refractivity contribution is 5.96. The van der Waals surface area contributed by atoms with Crippen molar-refractivity contribution in [2.75, 3.05) is 9.80 Å². The van der Waals surface area contributed by atoms with Gasteiger partial charge in [-0.1, -0.05) is 54.6 Å². The van der Waals surface area contributed by atoms with E-state index in [0.29, 0.717) is 11.5 Å². The van der Waals surface area contributed by atoms with Crippen molar-refractivity contribution < 1.29 is 14.3 Å². The highest BCUT2D eigenvalue weighted by atomic mass is 16.4. The summed E-state index contributed by atoms with van der Waals surface area (Å²) in [7, 11) is 0. The molecule has 0 saturated heterocycles. The van der Waals surface area contributed by atoms with E-state index in [9.17, 15) is 4.79 Å². The van der Waals surface area contributed by atoms with Gasteiger partial charge in [-0.3, -0.25) is 0 Å². The fraction of sp³-hybridized carbons (Fsp3) is 0. The number of nitrogens with zero attached hydrogens (tertiary/aromatic N) is 3. The number of carboxylic acids is 1. The molecule has 212 valence electrons.